The maximum absolute atomic E-state index is 11.8. The summed E-state index contributed by atoms with van der Waals surface area (Å²) in [5, 5.41) is 2.91. The van der Waals surface area contributed by atoms with Gasteiger partial charge in [-0.05, 0) is 44.4 Å². The Balaban J connectivity index is 2.62. The molecule has 17 heavy (non-hydrogen) atoms. The summed E-state index contributed by atoms with van der Waals surface area (Å²) < 4.78 is 0. The van der Waals surface area contributed by atoms with Gasteiger partial charge in [-0.3, -0.25) is 4.79 Å². The first-order chi connectivity index (χ1) is 7.86. The molecule has 0 saturated carbocycles. The van der Waals surface area contributed by atoms with Gasteiger partial charge in [-0.2, -0.15) is 0 Å². The van der Waals surface area contributed by atoms with Crippen molar-refractivity contribution in [2.75, 3.05) is 5.88 Å². The van der Waals surface area contributed by atoms with E-state index in [0.29, 0.717) is 12.4 Å². The first-order valence-corrected chi connectivity index (χ1v) is 6.30. The average molecular weight is 254 g/mol. The van der Waals surface area contributed by atoms with E-state index in [1.165, 1.54) is 11.1 Å². The van der Waals surface area contributed by atoms with Crippen molar-refractivity contribution in [2.24, 2.45) is 5.41 Å². The van der Waals surface area contributed by atoms with Crippen LogP contribution in [0.3, 0.4) is 0 Å². The van der Waals surface area contributed by atoms with Crippen LogP contribution in [0.4, 0.5) is 0 Å². The van der Waals surface area contributed by atoms with Crippen molar-refractivity contribution in [3.8, 4) is 0 Å². The van der Waals surface area contributed by atoms with Crippen molar-refractivity contribution in [2.45, 2.75) is 34.2 Å². The van der Waals surface area contributed by atoms with Gasteiger partial charge in [0.1, 0.15) is 0 Å². The van der Waals surface area contributed by atoms with Gasteiger partial charge in [0.2, 0.25) is 5.91 Å². The van der Waals surface area contributed by atoms with Crippen molar-refractivity contribution in [1.82, 2.24) is 5.32 Å². The van der Waals surface area contributed by atoms with Crippen molar-refractivity contribution in [3.63, 3.8) is 0 Å². The number of nitrogens with one attached hydrogen (secondary N) is 1. The molecule has 1 aromatic rings. The van der Waals surface area contributed by atoms with Gasteiger partial charge in [0, 0.05) is 12.4 Å². The predicted octanol–water partition coefficient (Wildman–Crippen LogP) is 3.18. The Labute approximate surface area is 108 Å². The molecule has 0 aliphatic carbocycles. The van der Waals surface area contributed by atoms with Crippen LogP contribution in [0.5, 0.6) is 0 Å². The maximum atomic E-state index is 11.8. The van der Waals surface area contributed by atoms with E-state index in [9.17, 15) is 4.79 Å². The Kier molecular flexibility index (Phi) is 4.58. The van der Waals surface area contributed by atoms with E-state index in [4.69, 9.17) is 11.6 Å². The van der Waals surface area contributed by atoms with Gasteiger partial charge >= 0.3 is 0 Å². The molecule has 0 aromatic heterocycles. The zero-order chi connectivity index (χ0) is 13.1. The molecule has 3 heteroatoms. The van der Waals surface area contributed by atoms with Crippen LogP contribution < -0.4 is 5.32 Å². The summed E-state index contributed by atoms with van der Waals surface area (Å²) in [6.45, 7) is 8.39. The predicted molar refractivity (Wildman–Crippen MR) is 72.3 cm³/mol. The Morgan fingerprint density at radius 3 is 2.47 bits per heavy atom. The van der Waals surface area contributed by atoms with Crippen molar-refractivity contribution >= 4 is 17.5 Å². The Hall–Kier alpha value is -1.02. The van der Waals surface area contributed by atoms with Crippen LogP contribution in [0.2, 0.25) is 0 Å². The lowest BCUT2D eigenvalue weighted by atomic mass is 9.95. The number of hydrogen-bond donors (Lipinski definition) is 1. The highest BCUT2D eigenvalue weighted by molar-refractivity contribution is 6.19. The van der Waals surface area contributed by atoms with E-state index in [1.54, 1.807) is 0 Å². The monoisotopic (exact) mass is 253 g/mol. The van der Waals surface area contributed by atoms with Gasteiger partial charge in [0.15, 0.2) is 0 Å². The summed E-state index contributed by atoms with van der Waals surface area (Å²) >= 11 is 5.75. The standard InChI is InChI=1S/C14H20ClNO/c1-10-5-6-12(7-11(10)2)8-16-13(17)14(3,4)9-15/h5-7H,8-9H2,1-4H3,(H,16,17). The summed E-state index contributed by atoms with van der Waals surface area (Å²) in [5.74, 6) is 0.317. The average Bonchev–Trinajstić information content (AvgIpc) is 2.30. The first kappa shape index (κ1) is 14.0. The summed E-state index contributed by atoms with van der Waals surface area (Å²) in [6, 6.07) is 6.21. The van der Waals surface area contributed by atoms with Gasteiger partial charge in [0.05, 0.1) is 5.41 Å². The molecule has 0 saturated heterocycles. The van der Waals surface area contributed by atoms with Crippen LogP contribution in [-0.4, -0.2) is 11.8 Å². The van der Waals surface area contributed by atoms with Crippen LogP contribution in [0.25, 0.3) is 0 Å². The fourth-order valence-corrected chi connectivity index (χ4v) is 1.52. The molecular formula is C14H20ClNO. The molecule has 1 rings (SSSR count). The molecule has 0 aliphatic heterocycles. The fraction of sp³-hybridized carbons (Fsp3) is 0.500. The van der Waals surface area contributed by atoms with Crippen LogP contribution >= 0.6 is 11.6 Å². The van der Waals surface area contributed by atoms with Crippen LogP contribution in [0.1, 0.15) is 30.5 Å². The highest BCUT2D eigenvalue weighted by Gasteiger charge is 2.25. The lowest BCUT2D eigenvalue weighted by molar-refractivity contribution is -0.128. The summed E-state index contributed by atoms with van der Waals surface area (Å²) in [5.41, 5.74) is 3.11. The highest BCUT2D eigenvalue weighted by Crippen LogP contribution is 2.17. The van der Waals surface area contributed by atoms with E-state index in [1.807, 2.05) is 19.9 Å². The molecule has 0 fully saturated rings. The summed E-state index contributed by atoms with van der Waals surface area (Å²) in [4.78, 5) is 11.8. The number of rotatable bonds is 4. The maximum Gasteiger partial charge on any atom is 0.227 e. The number of alkyl halides is 1. The molecule has 2 nitrogen and oxygen atoms in total. The molecule has 0 aliphatic rings. The highest BCUT2D eigenvalue weighted by atomic mass is 35.5. The largest absolute Gasteiger partial charge is 0.352 e. The number of benzene rings is 1. The van der Waals surface area contributed by atoms with Gasteiger partial charge in [-0.25, -0.2) is 0 Å². The van der Waals surface area contributed by atoms with Gasteiger partial charge in [0.25, 0.3) is 0 Å². The SMILES string of the molecule is Cc1ccc(CNC(=O)C(C)(C)CCl)cc1C. The zero-order valence-electron chi connectivity index (χ0n) is 10.9. The topological polar surface area (TPSA) is 29.1 Å². The second-order valence-electron chi connectivity index (χ2n) is 5.12. The number of hydrogen-bond acceptors (Lipinski definition) is 1. The Bertz CT molecular complexity index is 413. The zero-order valence-corrected chi connectivity index (χ0v) is 11.7. The molecule has 1 amide bonds. The number of carbonyl (C=O) groups excluding carboxylic acids is 1. The van der Waals surface area contributed by atoms with Crippen LogP contribution in [-0.2, 0) is 11.3 Å². The lowest BCUT2D eigenvalue weighted by Crippen LogP contribution is -2.37. The Morgan fingerprint density at radius 1 is 1.29 bits per heavy atom. The molecule has 1 N–H and O–H groups in total. The third-order valence-corrected chi connectivity index (χ3v) is 3.64. The van der Waals surface area contributed by atoms with Gasteiger partial charge < -0.3 is 5.32 Å². The molecule has 0 radical (unpaired) electrons. The summed E-state index contributed by atoms with van der Waals surface area (Å²) in [7, 11) is 0. The number of aryl methyl sites for hydroxylation is 2. The van der Waals surface area contributed by atoms with E-state index in [2.05, 4.69) is 31.3 Å². The molecule has 0 unspecified atom stereocenters. The van der Waals surface area contributed by atoms with Crippen molar-refractivity contribution < 1.29 is 4.79 Å². The minimum absolute atomic E-state index is 0.00859. The third kappa shape index (κ3) is 3.74. The van der Waals surface area contributed by atoms with Gasteiger partial charge in [-0.1, -0.05) is 18.2 Å². The molecule has 1 aromatic carbocycles. The molecule has 0 atom stereocenters. The summed E-state index contributed by atoms with van der Waals surface area (Å²) in [6.07, 6.45) is 0. The normalized spacial score (nSPS) is 11.4. The minimum atomic E-state index is -0.513. The van der Waals surface area contributed by atoms with Crippen molar-refractivity contribution in [3.05, 3.63) is 34.9 Å². The van der Waals surface area contributed by atoms with E-state index in [0.717, 1.165) is 5.56 Å². The van der Waals surface area contributed by atoms with Crippen LogP contribution in [0, 0.1) is 19.3 Å². The number of carbonyl (C=O) groups is 1. The third-order valence-electron chi connectivity index (χ3n) is 2.97. The second-order valence-corrected chi connectivity index (χ2v) is 5.39. The van der Waals surface area contributed by atoms with E-state index < -0.39 is 5.41 Å². The lowest BCUT2D eigenvalue weighted by Gasteiger charge is -2.20. The molecule has 0 spiro atoms. The molecular weight excluding hydrogens is 234 g/mol. The van der Waals surface area contributed by atoms with E-state index in [-0.39, 0.29) is 5.91 Å². The van der Waals surface area contributed by atoms with E-state index >= 15 is 0 Å². The quantitative estimate of drug-likeness (QED) is 0.821. The van der Waals surface area contributed by atoms with Crippen molar-refractivity contribution in [1.29, 1.82) is 0 Å². The second kappa shape index (κ2) is 5.54. The number of amides is 1. The number of halogens is 1. The molecule has 94 valence electrons. The molecule has 0 bridgehead atoms. The minimum Gasteiger partial charge on any atom is -0.352 e. The fourth-order valence-electron chi connectivity index (χ4n) is 1.40. The smallest absolute Gasteiger partial charge is 0.227 e. The Morgan fingerprint density at radius 2 is 1.94 bits per heavy atom. The van der Waals surface area contributed by atoms with Crippen LogP contribution in [0.15, 0.2) is 18.2 Å². The first-order valence-electron chi connectivity index (χ1n) is 5.77. The molecule has 0 heterocycles. The van der Waals surface area contributed by atoms with Gasteiger partial charge in [-0.15, -0.1) is 11.6 Å².